The highest BCUT2D eigenvalue weighted by molar-refractivity contribution is 7.99. The van der Waals surface area contributed by atoms with Crippen molar-refractivity contribution in [3.05, 3.63) is 28.8 Å². The van der Waals surface area contributed by atoms with E-state index in [1.54, 1.807) is 0 Å². The van der Waals surface area contributed by atoms with E-state index in [2.05, 4.69) is 51.6 Å². The highest BCUT2D eigenvalue weighted by Crippen LogP contribution is 2.32. The Kier molecular flexibility index (Phi) is 16.0. The molecule has 30 heavy (non-hydrogen) atoms. The van der Waals surface area contributed by atoms with Gasteiger partial charge in [-0.15, -0.1) is 0 Å². The van der Waals surface area contributed by atoms with Gasteiger partial charge < -0.3 is 5.11 Å². The predicted octanol–water partition coefficient (Wildman–Crippen LogP) is 9.67. The van der Waals surface area contributed by atoms with Gasteiger partial charge in [0, 0.05) is 27.6 Å². The van der Waals surface area contributed by atoms with Crippen molar-refractivity contribution < 1.29 is 5.11 Å². The fraction of sp³-hybridized carbons (Fsp3) is 0.778. The van der Waals surface area contributed by atoms with Gasteiger partial charge in [-0.25, -0.2) is 0 Å². The zero-order chi connectivity index (χ0) is 22.2. The fourth-order valence-corrected chi connectivity index (χ4v) is 5.83. The topological polar surface area (TPSA) is 20.2 Å². The van der Waals surface area contributed by atoms with Crippen molar-refractivity contribution in [1.29, 1.82) is 0 Å². The van der Waals surface area contributed by atoms with Gasteiger partial charge in [-0.1, -0.05) is 104 Å². The SMILES string of the molecule is CCCCCCCC(C)SCc1cc(C)c(O)c(CSC(C)CCCCCCC)c1. The van der Waals surface area contributed by atoms with Gasteiger partial charge in [-0.05, 0) is 30.9 Å². The lowest BCUT2D eigenvalue weighted by Crippen LogP contribution is -2.00. The molecule has 1 aromatic rings. The molecular weight excluding hydrogens is 404 g/mol. The van der Waals surface area contributed by atoms with Crippen LogP contribution in [0.15, 0.2) is 12.1 Å². The summed E-state index contributed by atoms with van der Waals surface area (Å²) in [4.78, 5) is 0. The normalized spacial score (nSPS) is 13.5. The van der Waals surface area contributed by atoms with E-state index in [1.807, 2.05) is 18.7 Å². The Morgan fingerprint density at radius 3 is 1.77 bits per heavy atom. The van der Waals surface area contributed by atoms with Crippen molar-refractivity contribution in [3.63, 3.8) is 0 Å². The van der Waals surface area contributed by atoms with Crippen LogP contribution in [0.4, 0.5) is 0 Å². The van der Waals surface area contributed by atoms with Crippen LogP contribution in [0.25, 0.3) is 0 Å². The zero-order valence-electron chi connectivity index (χ0n) is 20.5. The molecule has 2 atom stereocenters. The van der Waals surface area contributed by atoms with Crippen molar-refractivity contribution in [3.8, 4) is 5.75 Å². The van der Waals surface area contributed by atoms with Crippen LogP contribution in [0, 0.1) is 6.92 Å². The fourth-order valence-electron chi connectivity index (χ4n) is 3.83. The molecule has 0 amide bonds. The maximum atomic E-state index is 10.6. The van der Waals surface area contributed by atoms with Crippen molar-refractivity contribution in [2.24, 2.45) is 0 Å². The molecule has 0 aliphatic rings. The summed E-state index contributed by atoms with van der Waals surface area (Å²) >= 11 is 4.07. The molecule has 0 aromatic heterocycles. The molecule has 0 aliphatic carbocycles. The van der Waals surface area contributed by atoms with Crippen LogP contribution in [0.5, 0.6) is 5.75 Å². The Morgan fingerprint density at radius 1 is 0.733 bits per heavy atom. The number of thioether (sulfide) groups is 2. The lowest BCUT2D eigenvalue weighted by Gasteiger charge is -2.15. The number of aryl methyl sites for hydroxylation is 1. The van der Waals surface area contributed by atoms with Crippen LogP contribution in [0.2, 0.25) is 0 Å². The van der Waals surface area contributed by atoms with Gasteiger partial charge in [-0.2, -0.15) is 23.5 Å². The van der Waals surface area contributed by atoms with E-state index >= 15 is 0 Å². The smallest absolute Gasteiger partial charge is 0.122 e. The van der Waals surface area contributed by atoms with E-state index in [0.717, 1.165) is 22.6 Å². The van der Waals surface area contributed by atoms with Crippen LogP contribution in [-0.4, -0.2) is 15.6 Å². The van der Waals surface area contributed by atoms with Gasteiger partial charge in [0.1, 0.15) is 5.75 Å². The summed E-state index contributed by atoms with van der Waals surface area (Å²) in [7, 11) is 0. The number of benzene rings is 1. The molecule has 1 rings (SSSR count). The minimum Gasteiger partial charge on any atom is -0.507 e. The molecule has 0 radical (unpaired) electrons. The molecule has 0 heterocycles. The van der Waals surface area contributed by atoms with Gasteiger partial charge in [0.25, 0.3) is 0 Å². The first-order valence-corrected chi connectivity index (χ1v) is 14.6. The Balaban J connectivity index is 2.41. The molecule has 3 heteroatoms. The van der Waals surface area contributed by atoms with E-state index in [4.69, 9.17) is 0 Å². The Labute approximate surface area is 196 Å². The quantitative estimate of drug-likeness (QED) is 0.224. The predicted molar refractivity (Wildman–Crippen MR) is 141 cm³/mol. The van der Waals surface area contributed by atoms with E-state index in [-0.39, 0.29) is 0 Å². The molecule has 1 aromatic carbocycles. The zero-order valence-corrected chi connectivity index (χ0v) is 22.1. The maximum absolute atomic E-state index is 10.6. The van der Waals surface area contributed by atoms with E-state index in [9.17, 15) is 5.11 Å². The van der Waals surface area contributed by atoms with Gasteiger partial charge in [0.15, 0.2) is 0 Å². The van der Waals surface area contributed by atoms with Gasteiger partial charge >= 0.3 is 0 Å². The van der Waals surface area contributed by atoms with Gasteiger partial charge in [0.2, 0.25) is 0 Å². The molecule has 2 unspecified atom stereocenters. The first kappa shape index (κ1) is 27.8. The van der Waals surface area contributed by atoms with E-state index in [1.165, 1.54) is 82.6 Å². The molecule has 0 saturated carbocycles. The third-order valence-corrected chi connectivity index (χ3v) is 8.51. The van der Waals surface area contributed by atoms with Crippen LogP contribution in [0.3, 0.4) is 0 Å². The molecule has 0 aliphatic heterocycles. The Morgan fingerprint density at radius 2 is 1.23 bits per heavy atom. The number of hydrogen-bond acceptors (Lipinski definition) is 3. The van der Waals surface area contributed by atoms with E-state index in [0.29, 0.717) is 16.2 Å². The summed E-state index contributed by atoms with van der Waals surface area (Å²) in [5, 5.41) is 11.9. The summed E-state index contributed by atoms with van der Waals surface area (Å²) < 4.78 is 0. The first-order valence-electron chi connectivity index (χ1n) is 12.5. The second-order valence-corrected chi connectivity index (χ2v) is 11.9. The molecule has 0 bridgehead atoms. The van der Waals surface area contributed by atoms with E-state index < -0.39 is 0 Å². The standard InChI is InChI=1S/C27H48OS2/c1-6-8-10-12-14-16-23(4)29-20-25-18-22(3)27(28)26(19-25)21-30-24(5)17-15-13-11-9-7-2/h18-19,23-24,28H,6-17,20-21H2,1-5H3. The van der Waals surface area contributed by atoms with Gasteiger partial charge in [0.05, 0.1) is 0 Å². The summed E-state index contributed by atoms with van der Waals surface area (Å²) in [6, 6.07) is 4.44. The summed E-state index contributed by atoms with van der Waals surface area (Å²) in [6.07, 6.45) is 16.2. The van der Waals surface area contributed by atoms with Crippen molar-refractivity contribution >= 4 is 23.5 Å². The Bertz CT molecular complexity index is 558. The second-order valence-electron chi connectivity index (χ2n) is 9.07. The molecule has 1 nitrogen and oxygen atoms in total. The number of phenols is 1. The molecular formula is C27H48OS2. The highest BCUT2D eigenvalue weighted by atomic mass is 32.2. The molecule has 174 valence electrons. The molecule has 0 fully saturated rings. The van der Waals surface area contributed by atoms with Crippen LogP contribution >= 0.6 is 23.5 Å². The lowest BCUT2D eigenvalue weighted by atomic mass is 10.1. The first-order chi connectivity index (χ1) is 14.5. The average Bonchev–Trinajstić information content (AvgIpc) is 2.73. The van der Waals surface area contributed by atoms with Gasteiger partial charge in [-0.3, -0.25) is 0 Å². The maximum Gasteiger partial charge on any atom is 0.122 e. The second kappa shape index (κ2) is 17.3. The Hall–Kier alpha value is -0.280. The third-order valence-electron chi connectivity index (χ3n) is 5.93. The van der Waals surface area contributed by atoms with Crippen LogP contribution in [-0.2, 0) is 11.5 Å². The van der Waals surface area contributed by atoms with Crippen LogP contribution < -0.4 is 0 Å². The van der Waals surface area contributed by atoms with Crippen LogP contribution in [0.1, 0.15) is 121 Å². The largest absolute Gasteiger partial charge is 0.507 e. The summed E-state index contributed by atoms with van der Waals surface area (Å²) in [5.41, 5.74) is 3.53. The molecule has 1 N–H and O–H groups in total. The lowest BCUT2D eigenvalue weighted by molar-refractivity contribution is 0.466. The minimum absolute atomic E-state index is 0.510. The molecule has 0 saturated heterocycles. The summed E-state index contributed by atoms with van der Waals surface area (Å²) in [6.45, 7) is 11.3. The number of unbranched alkanes of at least 4 members (excludes halogenated alkanes) is 8. The monoisotopic (exact) mass is 452 g/mol. The third kappa shape index (κ3) is 12.5. The van der Waals surface area contributed by atoms with Crippen molar-refractivity contribution in [1.82, 2.24) is 0 Å². The average molecular weight is 453 g/mol. The van der Waals surface area contributed by atoms with Crippen molar-refractivity contribution in [2.45, 2.75) is 134 Å². The number of aromatic hydroxyl groups is 1. The number of hydrogen-bond donors (Lipinski definition) is 1. The minimum atomic E-state index is 0.510. The molecule has 0 spiro atoms. The number of rotatable bonds is 18. The number of phenolic OH excluding ortho intramolecular Hbond substituents is 1. The van der Waals surface area contributed by atoms with Crippen molar-refractivity contribution in [2.75, 3.05) is 0 Å². The summed E-state index contributed by atoms with van der Waals surface area (Å²) in [5.74, 6) is 2.49. The highest BCUT2D eigenvalue weighted by Gasteiger charge is 2.11.